The summed E-state index contributed by atoms with van der Waals surface area (Å²) in [7, 11) is -2.88. The van der Waals surface area contributed by atoms with Crippen LogP contribution in [0.5, 0.6) is 5.88 Å². The molecule has 10 heteroatoms. The highest BCUT2D eigenvalue weighted by atomic mass is 32.2. The first-order valence-corrected chi connectivity index (χ1v) is 25.1. The van der Waals surface area contributed by atoms with Crippen LogP contribution in [0.1, 0.15) is 131 Å². The lowest BCUT2D eigenvalue weighted by Gasteiger charge is -2.72. The second-order valence-electron chi connectivity index (χ2n) is 21.9. The highest BCUT2D eigenvalue weighted by Gasteiger charge is 2.70. The summed E-state index contributed by atoms with van der Waals surface area (Å²) in [6, 6.07) is 5.34. The summed E-state index contributed by atoms with van der Waals surface area (Å²) in [6.07, 6.45) is 19.7. The molecule has 4 saturated carbocycles. The lowest BCUT2D eigenvalue weighted by Crippen LogP contribution is -2.68. The SMILES string of the molecule is C=C(C)[C@@H]1CC[C@]2(NCCN3CCS(=O)(=O)CC3)CC[C@]3(C)[C@H](CC[C@@H]4[C@@]5(C)CC=C(C6=CCC(CCOc7cc(C#N)ccn7)(C(=O)O)CC6)C(C)(C)[C@@H]5CC[C@]43C)[C@@H]12. The average Bonchev–Trinajstić information content (AvgIpc) is 3.59. The van der Waals surface area contributed by atoms with E-state index in [1.165, 1.54) is 68.1 Å². The van der Waals surface area contributed by atoms with Crippen LogP contribution in [0.3, 0.4) is 0 Å². The molecule has 1 aromatic rings. The molecule has 0 radical (unpaired) electrons. The molecule has 0 spiro atoms. The maximum atomic E-state index is 12.8. The summed E-state index contributed by atoms with van der Waals surface area (Å²) >= 11 is 0. The summed E-state index contributed by atoms with van der Waals surface area (Å²) in [6.45, 7) is 23.3. The van der Waals surface area contributed by atoms with Crippen LogP contribution in [0, 0.1) is 68.0 Å². The van der Waals surface area contributed by atoms with Gasteiger partial charge in [0.15, 0.2) is 9.84 Å². The number of pyridine rings is 1. The van der Waals surface area contributed by atoms with Gasteiger partial charge >= 0.3 is 5.97 Å². The molecule has 9 nitrogen and oxygen atoms in total. The Labute approximate surface area is 360 Å². The second kappa shape index (κ2) is 15.7. The molecule has 7 aliphatic rings. The van der Waals surface area contributed by atoms with Crippen molar-refractivity contribution in [1.29, 1.82) is 5.26 Å². The van der Waals surface area contributed by atoms with E-state index in [4.69, 9.17) is 4.74 Å². The monoisotopic (exact) mass is 841 g/mol. The number of carboxylic acids is 1. The molecule has 0 amide bonds. The highest BCUT2D eigenvalue weighted by molar-refractivity contribution is 7.91. The Morgan fingerprint density at radius 2 is 1.77 bits per heavy atom. The van der Waals surface area contributed by atoms with E-state index in [9.17, 15) is 23.6 Å². The first-order valence-electron chi connectivity index (χ1n) is 23.3. The van der Waals surface area contributed by atoms with E-state index < -0.39 is 21.2 Å². The molecule has 2 N–H and O–H groups in total. The van der Waals surface area contributed by atoms with E-state index in [-0.39, 0.29) is 45.3 Å². The van der Waals surface area contributed by atoms with Crippen LogP contribution in [-0.4, -0.2) is 79.2 Å². The summed E-state index contributed by atoms with van der Waals surface area (Å²) in [5.41, 5.74) is 4.56. The molecule has 1 unspecified atom stereocenters. The second-order valence-corrected chi connectivity index (χ2v) is 24.2. The van der Waals surface area contributed by atoms with Crippen molar-refractivity contribution in [3.63, 3.8) is 0 Å². The molecule has 328 valence electrons. The fourth-order valence-electron chi connectivity index (χ4n) is 15.6. The van der Waals surface area contributed by atoms with E-state index in [0.29, 0.717) is 73.4 Å². The van der Waals surface area contributed by atoms with Crippen molar-refractivity contribution in [2.75, 3.05) is 44.3 Å². The standard InChI is InChI=1S/C50H72N4O5S/c1-34(2)37-12-20-50(53-25-26-54-27-30-60(57,58)31-28-54)22-21-47(6)39(43(37)50)8-9-41-46(5)16-13-38(45(3,4)40(46)14-17-48(41,47)7)36-10-18-49(19-11-36,44(55)56)23-29-59-42-32-35(33-51)15-24-52-42/h10,13,15,24,32,37,39-41,43,53H,1,8-9,11-12,14,16-23,25-31H2,2-7H3,(H,55,56)/t37-,39+,40-,41+,43+,46-,47+,48+,49?,50-/m0/s1. The smallest absolute Gasteiger partial charge is 0.310 e. The van der Waals surface area contributed by atoms with Crippen molar-refractivity contribution in [2.24, 2.45) is 56.7 Å². The molecule has 5 fully saturated rings. The number of sulfone groups is 1. The van der Waals surface area contributed by atoms with Gasteiger partial charge in [-0.15, -0.1) is 0 Å². The number of ether oxygens (including phenoxy) is 1. The molecule has 6 aliphatic carbocycles. The maximum absolute atomic E-state index is 12.8. The van der Waals surface area contributed by atoms with Crippen LogP contribution in [0.15, 0.2) is 53.8 Å². The number of carbonyl (C=O) groups is 1. The number of allylic oxidation sites excluding steroid dienone is 5. The predicted molar refractivity (Wildman–Crippen MR) is 237 cm³/mol. The van der Waals surface area contributed by atoms with E-state index in [1.54, 1.807) is 18.3 Å². The molecule has 2 heterocycles. The quantitative estimate of drug-likeness (QED) is 0.209. The van der Waals surface area contributed by atoms with Gasteiger partial charge in [0.1, 0.15) is 0 Å². The molecule has 8 rings (SSSR count). The van der Waals surface area contributed by atoms with Crippen LogP contribution in [-0.2, 0) is 14.6 Å². The lowest BCUT2D eigenvalue weighted by molar-refractivity contribution is -0.221. The summed E-state index contributed by atoms with van der Waals surface area (Å²) in [5.74, 6) is 3.15. The van der Waals surface area contributed by atoms with Crippen LogP contribution in [0.25, 0.3) is 0 Å². The minimum absolute atomic E-state index is 0.0115. The van der Waals surface area contributed by atoms with Gasteiger partial charge in [0.05, 0.1) is 35.2 Å². The largest absolute Gasteiger partial charge is 0.481 e. The van der Waals surface area contributed by atoms with Crippen molar-refractivity contribution < 1.29 is 23.1 Å². The molecule has 1 aromatic heterocycles. The first kappa shape index (κ1) is 43.6. The third-order valence-corrected chi connectivity index (χ3v) is 20.7. The third-order valence-electron chi connectivity index (χ3n) is 19.1. The molecule has 10 atom stereocenters. The first-order chi connectivity index (χ1) is 28.3. The van der Waals surface area contributed by atoms with E-state index in [2.05, 4.69) is 81.5 Å². The number of nitrogens with one attached hydrogen (secondary N) is 1. The molecule has 0 bridgehead atoms. The number of carboxylic acid groups (broad SMARTS) is 1. The van der Waals surface area contributed by atoms with E-state index >= 15 is 0 Å². The van der Waals surface area contributed by atoms with Gasteiger partial charge < -0.3 is 20.1 Å². The van der Waals surface area contributed by atoms with Crippen LogP contribution < -0.4 is 10.1 Å². The zero-order valence-corrected chi connectivity index (χ0v) is 38.3. The van der Waals surface area contributed by atoms with Gasteiger partial charge in [-0.25, -0.2) is 13.4 Å². The number of nitriles is 1. The summed E-state index contributed by atoms with van der Waals surface area (Å²) in [4.78, 5) is 19.4. The number of fused-ring (bicyclic) bond motifs is 7. The molecule has 0 aromatic carbocycles. The molecule has 1 aliphatic heterocycles. The van der Waals surface area contributed by atoms with Crippen molar-refractivity contribution >= 4 is 15.8 Å². The molecule has 1 saturated heterocycles. The third kappa shape index (κ3) is 7.13. The Bertz CT molecular complexity index is 2080. The van der Waals surface area contributed by atoms with Gasteiger partial charge in [0, 0.05) is 44.0 Å². The number of hydrogen-bond donors (Lipinski definition) is 2. The van der Waals surface area contributed by atoms with Crippen LogP contribution in [0.2, 0.25) is 0 Å². The Kier molecular flexibility index (Phi) is 11.4. The minimum atomic E-state index is -2.88. The maximum Gasteiger partial charge on any atom is 0.310 e. The number of nitrogens with zero attached hydrogens (tertiary/aromatic N) is 3. The van der Waals surface area contributed by atoms with Crippen LogP contribution in [0.4, 0.5) is 0 Å². The van der Waals surface area contributed by atoms with Gasteiger partial charge in [-0.1, -0.05) is 58.9 Å². The lowest BCUT2D eigenvalue weighted by atomic mass is 9.33. The zero-order chi connectivity index (χ0) is 42.9. The van der Waals surface area contributed by atoms with Crippen molar-refractivity contribution in [2.45, 2.75) is 131 Å². The number of hydrogen-bond acceptors (Lipinski definition) is 8. The Morgan fingerprint density at radius 3 is 2.45 bits per heavy atom. The van der Waals surface area contributed by atoms with Gasteiger partial charge in [0.2, 0.25) is 5.88 Å². The minimum Gasteiger partial charge on any atom is -0.481 e. The van der Waals surface area contributed by atoms with Gasteiger partial charge in [0.25, 0.3) is 0 Å². The average molecular weight is 841 g/mol. The molecule has 60 heavy (non-hydrogen) atoms. The highest BCUT2D eigenvalue weighted by Crippen LogP contribution is 2.76. The molecular weight excluding hydrogens is 769 g/mol. The number of aromatic nitrogens is 1. The predicted octanol–water partition coefficient (Wildman–Crippen LogP) is 9.17. The summed E-state index contributed by atoms with van der Waals surface area (Å²) in [5, 5.41) is 24.0. The fraction of sp³-hybridized carbons (Fsp3) is 0.740. The Morgan fingerprint density at radius 1 is 1.00 bits per heavy atom. The van der Waals surface area contributed by atoms with Gasteiger partial charge in [-0.3, -0.25) is 4.79 Å². The van der Waals surface area contributed by atoms with Crippen molar-refractivity contribution in [1.82, 2.24) is 15.2 Å². The summed E-state index contributed by atoms with van der Waals surface area (Å²) < 4.78 is 30.1. The zero-order valence-electron chi connectivity index (χ0n) is 37.5. The van der Waals surface area contributed by atoms with Gasteiger partial charge in [-0.2, -0.15) is 5.26 Å². The van der Waals surface area contributed by atoms with Gasteiger partial charge in [-0.05, 0) is 159 Å². The van der Waals surface area contributed by atoms with Crippen molar-refractivity contribution in [3.8, 4) is 11.9 Å². The van der Waals surface area contributed by atoms with Crippen LogP contribution >= 0.6 is 0 Å². The fourth-order valence-corrected chi connectivity index (χ4v) is 16.9. The molecular formula is C50H72N4O5S. The number of aliphatic carboxylic acids is 1. The van der Waals surface area contributed by atoms with E-state index in [0.717, 1.165) is 25.9 Å². The Balaban J connectivity index is 0.987. The Hall–Kier alpha value is -3.00. The normalized spacial score (nSPS) is 40.6. The topological polar surface area (TPSA) is 133 Å². The number of rotatable bonds is 11. The van der Waals surface area contributed by atoms with E-state index in [1.807, 2.05) is 0 Å². The van der Waals surface area contributed by atoms with Crippen molar-refractivity contribution in [3.05, 3.63) is 59.3 Å².